The lowest BCUT2D eigenvalue weighted by atomic mass is 9.85. The number of β-amino-alcohol motifs (C(OH)–C–C–N with tert-alkyl or cyclic N) is 1. The van der Waals surface area contributed by atoms with Gasteiger partial charge < -0.3 is 46.6 Å². The van der Waals surface area contributed by atoms with Gasteiger partial charge in [-0.2, -0.15) is 0 Å². The van der Waals surface area contributed by atoms with Crippen LogP contribution in [0.1, 0.15) is 107 Å². The van der Waals surface area contributed by atoms with E-state index in [0.717, 1.165) is 29.0 Å². The third kappa shape index (κ3) is 16.9. The number of likely N-dealkylation sites (tertiary alicyclic amines) is 1. The lowest BCUT2D eigenvalue weighted by Gasteiger charge is -2.35. The molecule has 2 aromatic carbocycles. The maximum absolute atomic E-state index is 14.0. The predicted octanol–water partition coefficient (Wildman–Crippen LogP) is 2.24. The van der Waals surface area contributed by atoms with Crippen molar-refractivity contribution in [2.24, 2.45) is 11.3 Å². The number of aliphatic hydroxyl groups is 1. The van der Waals surface area contributed by atoms with Crippen LogP contribution in [0.4, 0.5) is 0 Å². The number of amides is 6. The van der Waals surface area contributed by atoms with Crippen LogP contribution in [0, 0.1) is 11.3 Å². The van der Waals surface area contributed by atoms with Gasteiger partial charge >= 0.3 is 0 Å². The molecule has 4 heterocycles. The average molecular weight is 1060 g/mol. The molecule has 0 saturated carbocycles. The SMILES string of the molecule is CC1NCSC1c1ccc(CNC(=O)[C@@H]2C[C@@H](O)CN2C(=O)[C@@H](NC(=O)CCCCCNC(=O)CCCOC[C@H](NC(=O)C2CCN(S(C)(=O)=O)C2)C(=O)NC2NC(c3ccccc3)CS2)C(C)(C)C)cc1. The summed E-state index contributed by atoms with van der Waals surface area (Å²) in [5, 5.41) is 32.3. The number of hydrogen-bond donors (Lipinski definition) is 8. The zero-order valence-electron chi connectivity index (χ0n) is 42.2. The molecular formula is C50H75N9O10S3. The second-order valence-corrected chi connectivity index (χ2v) is 24.6. The third-order valence-electron chi connectivity index (χ3n) is 13.4. The molecule has 4 fully saturated rings. The van der Waals surface area contributed by atoms with E-state index in [0.29, 0.717) is 49.9 Å². The third-order valence-corrected chi connectivity index (χ3v) is 17.2. The molecule has 4 aliphatic rings. The lowest BCUT2D eigenvalue weighted by Crippen LogP contribution is -2.57. The van der Waals surface area contributed by atoms with Gasteiger partial charge in [0, 0.05) is 87.6 Å². The summed E-state index contributed by atoms with van der Waals surface area (Å²) in [4.78, 5) is 81.5. The summed E-state index contributed by atoms with van der Waals surface area (Å²) in [6, 6.07) is 15.6. The molecule has 2 aromatic rings. The van der Waals surface area contributed by atoms with Crippen molar-refractivity contribution in [3.8, 4) is 0 Å². The number of sulfonamides is 1. The fourth-order valence-corrected chi connectivity index (χ4v) is 12.5. The first kappa shape index (κ1) is 57.0. The van der Waals surface area contributed by atoms with Gasteiger partial charge in [-0.15, -0.1) is 23.5 Å². The van der Waals surface area contributed by atoms with Crippen molar-refractivity contribution in [2.45, 2.75) is 133 Å². The van der Waals surface area contributed by atoms with Crippen molar-refractivity contribution in [3.63, 3.8) is 0 Å². The minimum atomic E-state index is -3.46. The van der Waals surface area contributed by atoms with Gasteiger partial charge in [-0.3, -0.25) is 34.1 Å². The topological polar surface area (TPSA) is 257 Å². The maximum Gasteiger partial charge on any atom is 0.246 e. The second-order valence-electron chi connectivity index (χ2n) is 20.3. The minimum absolute atomic E-state index is 0.0114. The smallest absolute Gasteiger partial charge is 0.246 e. The van der Waals surface area contributed by atoms with Crippen molar-refractivity contribution < 1.29 is 47.0 Å². The molecule has 4 saturated heterocycles. The minimum Gasteiger partial charge on any atom is -0.391 e. The fourth-order valence-electron chi connectivity index (χ4n) is 9.21. The number of carbonyl (C=O) groups is 6. The van der Waals surface area contributed by atoms with E-state index < -0.39 is 68.8 Å². The van der Waals surface area contributed by atoms with Crippen LogP contribution in [0.5, 0.6) is 0 Å². The molecule has 0 aliphatic carbocycles. The number of rotatable bonds is 24. The summed E-state index contributed by atoms with van der Waals surface area (Å²) in [6.07, 6.45) is 3.15. The van der Waals surface area contributed by atoms with Gasteiger partial charge in [-0.1, -0.05) is 81.8 Å². The number of hydrogen-bond acceptors (Lipinski definition) is 14. The first-order valence-electron chi connectivity index (χ1n) is 25.1. The van der Waals surface area contributed by atoms with Crippen molar-refractivity contribution in [2.75, 3.05) is 57.3 Å². The zero-order chi connectivity index (χ0) is 52.0. The Balaban J connectivity index is 0.872. The molecule has 0 radical (unpaired) electrons. The number of ether oxygens (including phenoxy) is 1. The second kappa shape index (κ2) is 26.8. The maximum atomic E-state index is 14.0. The molecular weight excluding hydrogens is 983 g/mol. The standard InChI is InChI=1S/C50H75N9O10S3/c1-32-43(71-31-53-32)35-19-17-33(18-20-35)26-52-47(65)40-25-37(60)28-59(40)48(66)44(50(2,3)4)56-42(62)15-10-7-11-22-51-41(61)16-12-24-69-29-38(54-45(63)36-21-23-58(27-36)72(5,67)68)46(64)57-49-55-39(30-70-49)34-13-8-6-9-14-34/h6,8-9,13-14,17-20,32,36-40,43-44,49,53,55,60H,7,10-12,15-16,21-31H2,1-5H3,(H,51,61)(H,52,65)(H,54,63)(H,56,62)(H,57,64)/t32?,36?,37-,38+,39?,40+,43?,44-,49?/m1/s1. The number of aliphatic hydroxyl groups excluding tert-OH is 1. The summed E-state index contributed by atoms with van der Waals surface area (Å²) in [5.41, 5.74) is 2.15. The van der Waals surface area contributed by atoms with Crippen molar-refractivity contribution in [3.05, 3.63) is 71.3 Å². The Morgan fingerprint density at radius 1 is 0.875 bits per heavy atom. The number of nitrogens with zero attached hydrogens (tertiary/aromatic N) is 2. The normalized spacial score (nSPS) is 24.4. The van der Waals surface area contributed by atoms with Crippen LogP contribution in [0.15, 0.2) is 54.6 Å². The lowest BCUT2D eigenvalue weighted by molar-refractivity contribution is -0.144. The molecule has 0 aromatic heterocycles. The number of carbonyl (C=O) groups excluding carboxylic acids is 6. The van der Waals surface area contributed by atoms with Gasteiger partial charge in [0.1, 0.15) is 23.6 Å². The Morgan fingerprint density at radius 2 is 1.61 bits per heavy atom. The summed E-state index contributed by atoms with van der Waals surface area (Å²) in [5.74, 6) is -1.11. The molecule has 72 heavy (non-hydrogen) atoms. The predicted molar refractivity (Wildman–Crippen MR) is 278 cm³/mol. The average Bonchev–Trinajstić information content (AvgIpc) is 4.19. The highest BCUT2D eigenvalue weighted by Crippen LogP contribution is 2.36. The number of nitrogens with one attached hydrogen (secondary N) is 7. The molecule has 6 rings (SSSR count). The largest absolute Gasteiger partial charge is 0.391 e. The van der Waals surface area contributed by atoms with E-state index in [-0.39, 0.29) is 82.4 Å². The van der Waals surface area contributed by atoms with Crippen LogP contribution < -0.4 is 37.2 Å². The molecule has 0 bridgehead atoms. The molecule has 19 nitrogen and oxygen atoms in total. The number of thioether (sulfide) groups is 2. The molecule has 22 heteroatoms. The number of unbranched alkanes of at least 4 members (excludes halogenated alkanes) is 2. The number of benzene rings is 2. The van der Waals surface area contributed by atoms with Crippen LogP contribution in [0.25, 0.3) is 0 Å². The highest BCUT2D eigenvalue weighted by molar-refractivity contribution is 8.00. The molecule has 9 atom stereocenters. The Hall–Kier alpha value is -4.29. The fraction of sp³-hybridized carbons (Fsp3) is 0.640. The van der Waals surface area contributed by atoms with Crippen LogP contribution >= 0.6 is 23.5 Å². The molecule has 4 aliphatic heterocycles. The van der Waals surface area contributed by atoms with Crippen molar-refractivity contribution in [1.29, 1.82) is 0 Å². The Kier molecular flexibility index (Phi) is 21.2. The van der Waals surface area contributed by atoms with Gasteiger partial charge in [-0.25, -0.2) is 12.7 Å². The molecule has 5 unspecified atom stereocenters. The van der Waals surface area contributed by atoms with E-state index in [2.05, 4.69) is 56.3 Å². The summed E-state index contributed by atoms with van der Waals surface area (Å²) in [6.45, 7) is 8.63. The molecule has 6 amide bonds. The monoisotopic (exact) mass is 1060 g/mol. The van der Waals surface area contributed by atoms with E-state index in [1.54, 1.807) is 0 Å². The first-order valence-corrected chi connectivity index (χ1v) is 29.0. The molecule has 0 spiro atoms. The van der Waals surface area contributed by atoms with Crippen LogP contribution in [-0.2, 0) is 50.1 Å². The van der Waals surface area contributed by atoms with E-state index in [9.17, 15) is 42.3 Å². The Bertz CT molecular complexity index is 2270. The van der Waals surface area contributed by atoms with E-state index in [1.165, 1.54) is 26.5 Å². The zero-order valence-corrected chi connectivity index (χ0v) is 44.6. The molecule has 398 valence electrons. The van der Waals surface area contributed by atoms with Gasteiger partial charge in [0.15, 0.2) is 0 Å². The summed E-state index contributed by atoms with van der Waals surface area (Å²) < 4.78 is 31.2. The van der Waals surface area contributed by atoms with Crippen LogP contribution in [0.2, 0.25) is 0 Å². The van der Waals surface area contributed by atoms with Gasteiger partial charge in [-0.05, 0) is 54.7 Å². The summed E-state index contributed by atoms with van der Waals surface area (Å²) in [7, 11) is -3.46. The highest BCUT2D eigenvalue weighted by atomic mass is 32.2. The summed E-state index contributed by atoms with van der Waals surface area (Å²) >= 11 is 3.40. The van der Waals surface area contributed by atoms with Crippen LogP contribution in [-0.4, -0.2) is 151 Å². The van der Waals surface area contributed by atoms with Gasteiger partial charge in [0.2, 0.25) is 45.5 Å². The first-order chi connectivity index (χ1) is 34.3. The van der Waals surface area contributed by atoms with E-state index in [1.807, 2.05) is 75.0 Å². The Morgan fingerprint density at radius 3 is 2.29 bits per heavy atom. The Labute approximate surface area is 433 Å². The van der Waals surface area contributed by atoms with E-state index >= 15 is 0 Å². The molecule has 8 N–H and O–H groups in total. The van der Waals surface area contributed by atoms with Crippen molar-refractivity contribution in [1.82, 2.24) is 46.4 Å². The van der Waals surface area contributed by atoms with Gasteiger partial charge in [0.25, 0.3) is 0 Å². The quantitative estimate of drug-likeness (QED) is 0.0703. The van der Waals surface area contributed by atoms with E-state index in [4.69, 9.17) is 4.74 Å². The van der Waals surface area contributed by atoms with Gasteiger partial charge in [0.05, 0.1) is 24.9 Å². The van der Waals surface area contributed by atoms with Crippen LogP contribution in [0.3, 0.4) is 0 Å². The highest BCUT2D eigenvalue weighted by Gasteiger charge is 2.44. The van der Waals surface area contributed by atoms with Crippen molar-refractivity contribution >= 4 is 69.0 Å².